The topological polar surface area (TPSA) is 95.0 Å². The molecule has 1 unspecified atom stereocenters. The number of carboxylic acids is 1. The van der Waals surface area contributed by atoms with Crippen LogP contribution in [0.4, 0.5) is 0 Å². The predicted molar refractivity (Wildman–Crippen MR) is 93.0 cm³/mol. The zero-order valence-electron chi connectivity index (χ0n) is 13.9. The number of likely N-dealkylation sites (tertiary alicyclic amines) is 1. The number of carboxylic acid groups (broad SMARTS) is 1. The first-order valence-corrected chi connectivity index (χ1v) is 10.7. The lowest BCUT2D eigenvalue weighted by Gasteiger charge is -2.23. The number of amides is 1. The number of carbonyl (C=O) groups excluding carboxylic acids is 1. The Kier molecular flexibility index (Phi) is 5.45. The Labute approximate surface area is 151 Å². The van der Waals surface area contributed by atoms with Crippen LogP contribution >= 0.6 is 11.3 Å². The second-order valence-corrected chi connectivity index (χ2v) is 9.82. The van der Waals surface area contributed by atoms with Gasteiger partial charge in [-0.1, -0.05) is 0 Å². The summed E-state index contributed by atoms with van der Waals surface area (Å²) in [5.41, 5.74) is 0. The van der Waals surface area contributed by atoms with Crippen molar-refractivity contribution in [2.75, 3.05) is 19.6 Å². The zero-order chi connectivity index (χ0) is 18.0. The minimum absolute atomic E-state index is 0.0369. The lowest BCUT2D eigenvalue weighted by Crippen LogP contribution is -2.37. The Balaban J connectivity index is 1.66. The summed E-state index contributed by atoms with van der Waals surface area (Å²) in [6, 6.07) is 3.01. The molecule has 0 bridgehead atoms. The van der Waals surface area contributed by atoms with Crippen LogP contribution in [0.3, 0.4) is 0 Å². The molecule has 2 saturated heterocycles. The fourth-order valence-corrected chi connectivity index (χ4v) is 6.49. The summed E-state index contributed by atoms with van der Waals surface area (Å²) in [7, 11) is -3.45. The minimum Gasteiger partial charge on any atom is -0.481 e. The van der Waals surface area contributed by atoms with Gasteiger partial charge in [0.1, 0.15) is 4.21 Å². The van der Waals surface area contributed by atoms with Crippen LogP contribution in [0.1, 0.15) is 37.0 Å². The highest BCUT2D eigenvalue weighted by Gasteiger charge is 2.32. The van der Waals surface area contributed by atoms with Crippen LogP contribution in [0.5, 0.6) is 0 Å². The number of rotatable bonds is 6. The molecule has 0 spiro atoms. The Morgan fingerprint density at radius 2 is 1.88 bits per heavy atom. The third-order valence-corrected chi connectivity index (χ3v) is 8.18. The van der Waals surface area contributed by atoms with E-state index in [1.807, 2.05) is 0 Å². The number of nitrogens with zero attached hydrogens (tertiary/aromatic N) is 2. The second-order valence-electron chi connectivity index (χ2n) is 6.49. The summed E-state index contributed by atoms with van der Waals surface area (Å²) in [6.07, 6.45) is 3.37. The largest absolute Gasteiger partial charge is 0.481 e. The van der Waals surface area contributed by atoms with E-state index in [2.05, 4.69) is 0 Å². The molecule has 0 radical (unpaired) electrons. The predicted octanol–water partition coefficient (Wildman–Crippen LogP) is 1.54. The van der Waals surface area contributed by atoms with Gasteiger partial charge in [0.15, 0.2) is 0 Å². The SMILES string of the molecule is O=C(O)CC1CCCN1C(=O)Cc1ccc(S(=O)(=O)N2CCCC2)s1. The molecule has 2 fully saturated rings. The normalized spacial score (nSPS) is 21.8. The molecule has 1 atom stereocenters. The van der Waals surface area contributed by atoms with Gasteiger partial charge in [-0.2, -0.15) is 4.31 Å². The van der Waals surface area contributed by atoms with Crippen LogP contribution in [-0.2, 0) is 26.0 Å². The van der Waals surface area contributed by atoms with Crippen molar-refractivity contribution in [2.45, 2.75) is 48.8 Å². The van der Waals surface area contributed by atoms with Crippen molar-refractivity contribution in [2.24, 2.45) is 0 Å². The van der Waals surface area contributed by atoms with Gasteiger partial charge < -0.3 is 10.0 Å². The van der Waals surface area contributed by atoms with Crippen molar-refractivity contribution in [3.8, 4) is 0 Å². The Bertz CT molecular complexity index is 752. The summed E-state index contributed by atoms with van der Waals surface area (Å²) < 4.78 is 26.8. The maximum atomic E-state index is 12.5. The van der Waals surface area contributed by atoms with Crippen molar-refractivity contribution in [3.05, 3.63) is 17.0 Å². The van der Waals surface area contributed by atoms with Crippen LogP contribution in [0.15, 0.2) is 16.3 Å². The summed E-state index contributed by atoms with van der Waals surface area (Å²) in [5, 5.41) is 8.95. The third kappa shape index (κ3) is 4.04. The van der Waals surface area contributed by atoms with E-state index in [1.165, 1.54) is 4.31 Å². The molecule has 138 valence electrons. The van der Waals surface area contributed by atoms with E-state index in [9.17, 15) is 18.0 Å². The van der Waals surface area contributed by atoms with Gasteiger partial charge in [0.25, 0.3) is 10.0 Å². The van der Waals surface area contributed by atoms with E-state index in [0.717, 1.165) is 30.6 Å². The van der Waals surface area contributed by atoms with Crippen LogP contribution in [0.25, 0.3) is 0 Å². The Morgan fingerprint density at radius 3 is 2.56 bits per heavy atom. The molecule has 3 heterocycles. The molecule has 7 nitrogen and oxygen atoms in total. The Morgan fingerprint density at radius 1 is 1.16 bits per heavy atom. The van der Waals surface area contributed by atoms with E-state index >= 15 is 0 Å². The summed E-state index contributed by atoms with van der Waals surface area (Å²) in [5.74, 6) is -1.03. The molecular weight excluding hydrogens is 364 g/mol. The molecule has 0 saturated carbocycles. The Hall–Kier alpha value is -1.45. The third-order valence-electron chi connectivity index (χ3n) is 4.73. The van der Waals surface area contributed by atoms with Gasteiger partial charge in [-0.05, 0) is 37.8 Å². The van der Waals surface area contributed by atoms with Crippen molar-refractivity contribution in [1.82, 2.24) is 9.21 Å². The zero-order valence-corrected chi connectivity index (χ0v) is 15.5. The van der Waals surface area contributed by atoms with Gasteiger partial charge >= 0.3 is 5.97 Å². The fraction of sp³-hybridized carbons (Fsp3) is 0.625. The number of carbonyl (C=O) groups is 2. The summed E-state index contributed by atoms with van der Waals surface area (Å²) in [6.45, 7) is 1.68. The molecule has 1 N–H and O–H groups in total. The van der Waals surface area contributed by atoms with Gasteiger partial charge in [-0.25, -0.2) is 8.42 Å². The first-order valence-electron chi connectivity index (χ1n) is 8.48. The number of hydrogen-bond donors (Lipinski definition) is 1. The van der Waals surface area contributed by atoms with E-state index in [1.54, 1.807) is 17.0 Å². The summed E-state index contributed by atoms with van der Waals surface area (Å²) >= 11 is 1.14. The van der Waals surface area contributed by atoms with Crippen LogP contribution in [0, 0.1) is 0 Å². The van der Waals surface area contributed by atoms with E-state index in [0.29, 0.717) is 30.9 Å². The minimum atomic E-state index is -3.45. The molecule has 2 aliphatic heterocycles. The van der Waals surface area contributed by atoms with E-state index < -0.39 is 16.0 Å². The molecule has 1 aromatic heterocycles. The molecule has 1 aromatic rings. The monoisotopic (exact) mass is 386 g/mol. The van der Waals surface area contributed by atoms with Crippen molar-refractivity contribution < 1.29 is 23.1 Å². The fourth-order valence-electron chi connectivity index (χ4n) is 3.48. The lowest BCUT2D eigenvalue weighted by atomic mass is 10.1. The average Bonchev–Trinajstić information content (AvgIpc) is 3.28. The number of aliphatic carboxylic acids is 1. The number of thiophene rings is 1. The molecule has 9 heteroatoms. The first-order chi connectivity index (χ1) is 11.9. The molecule has 1 amide bonds. The molecule has 0 aliphatic carbocycles. The molecule has 25 heavy (non-hydrogen) atoms. The van der Waals surface area contributed by atoms with Gasteiger partial charge in [-0.3, -0.25) is 9.59 Å². The van der Waals surface area contributed by atoms with Crippen molar-refractivity contribution in [3.63, 3.8) is 0 Å². The highest BCUT2D eigenvalue weighted by molar-refractivity contribution is 7.91. The maximum Gasteiger partial charge on any atom is 0.305 e. The molecular formula is C16H22N2O5S2. The molecule has 3 rings (SSSR count). The second kappa shape index (κ2) is 7.43. The smallest absolute Gasteiger partial charge is 0.305 e. The van der Waals surface area contributed by atoms with Gasteiger partial charge in [-0.15, -0.1) is 11.3 Å². The maximum absolute atomic E-state index is 12.5. The first kappa shape index (κ1) is 18.3. The lowest BCUT2D eigenvalue weighted by molar-refractivity contribution is -0.139. The van der Waals surface area contributed by atoms with E-state index in [-0.39, 0.29) is 29.0 Å². The summed E-state index contributed by atoms with van der Waals surface area (Å²) in [4.78, 5) is 25.7. The molecule has 0 aromatic carbocycles. The van der Waals surface area contributed by atoms with Crippen LogP contribution < -0.4 is 0 Å². The number of sulfonamides is 1. The van der Waals surface area contributed by atoms with Crippen LogP contribution in [-0.4, -0.2) is 60.3 Å². The highest BCUT2D eigenvalue weighted by atomic mass is 32.2. The highest BCUT2D eigenvalue weighted by Crippen LogP contribution is 2.29. The standard InChI is InChI=1S/C16H22N2O5S2/c19-14(18-9-3-4-12(18)10-15(20)21)11-13-5-6-16(24-13)25(22,23)17-7-1-2-8-17/h5-6,12H,1-4,7-11H2,(H,20,21). The quantitative estimate of drug-likeness (QED) is 0.800. The number of hydrogen-bond acceptors (Lipinski definition) is 5. The van der Waals surface area contributed by atoms with Crippen LogP contribution in [0.2, 0.25) is 0 Å². The van der Waals surface area contributed by atoms with Gasteiger partial charge in [0.2, 0.25) is 5.91 Å². The van der Waals surface area contributed by atoms with Crippen molar-refractivity contribution in [1.29, 1.82) is 0 Å². The van der Waals surface area contributed by atoms with Crippen molar-refractivity contribution >= 4 is 33.2 Å². The molecule has 2 aliphatic rings. The van der Waals surface area contributed by atoms with Gasteiger partial charge in [0.05, 0.1) is 12.8 Å². The average molecular weight is 386 g/mol. The van der Waals surface area contributed by atoms with Gasteiger partial charge in [0, 0.05) is 30.6 Å². The van der Waals surface area contributed by atoms with E-state index in [4.69, 9.17) is 5.11 Å².